The maximum absolute atomic E-state index is 10.4. The van der Waals surface area contributed by atoms with Crippen LogP contribution in [0.2, 0.25) is 0 Å². The molecule has 1 atom stereocenters. The van der Waals surface area contributed by atoms with Gasteiger partial charge in [-0.3, -0.25) is 4.79 Å². The molecular weight excluding hydrogens is 222 g/mol. The summed E-state index contributed by atoms with van der Waals surface area (Å²) >= 11 is 0. The van der Waals surface area contributed by atoms with Crippen molar-refractivity contribution in [2.24, 2.45) is 5.73 Å². The van der Waals surface area contributed by atoms with Crippen LogP contribution in [0.5, 0.6) is 0 Å². The van der Waals surface area contributed by atoms with Crippen LogP contribution in [0, 0.1) is 0 Å². The molecule has 0 unspecified atom stereocenters. The van der Waals surface area contributed by atoms with Gasteiger partial charge in [0.25, 0.3) is 0 Å². The Bertz CT molecular complexity index is 400. The summed E-state index contributed by atoms with van der Waals surface area (Å²) in [4.78, 5) is 10.4. The smallest absolute Gasteiger partial charge is 0.320 e. The molecule has 0 spiro atoms. The van der Waals surface area contributed by atoms with Crippen molar-refractivity contribution in [1.29, 1.82) is 0 Å². The minimum atomic E-state index is -0.959. The molecule has 2 aromatic rings. The molecule has 0 aliphatic rings. The average molecular weight is 235 g/mol. The number of nitrogens with zero attached hydrogens (tertiary/aromatic N) is 3. The van der Waals surface area contributed by atoms with Crippen molar-refractivity contribution in [3.8, 4) is 0 Å². The number of carboxylic acid groups (broad SMARTS) is 1. The van der Waals surface area contributed by atoms with Crippen LogP contribution < -0.4 is 5.73 Å². The lowest BCUT2D eigenvalue weighted by Gasteiger charge is -2.04. The summed E-state index contributed by atoms with van der Waals surface area (Å²) in [7, 11) is 0. The topological polar surface area (TPSA) is 118 Å². The number of benzene rings is 1. The molecule has 7 nitrogen and oxygen atoms in total. The maximum atomic E-state index is 10.4. The number of hydrogen-bond donors (Lipinski definition) is 3. The predicted molar refractivity (Wildman–Crippen MR) is 59.9 cm³/mol. The van der Waals surface area contributed by atoms with E-state index in [1.165, 1.54) is 6.33 Å². The van der Waals surface area contributed by atoms with Gasteiger partial charge in [-0.1, -0.05) is 30.3 Å². The van der Waals surface area contributed by atoms with E-state index < -0.39 is 12.0 Å². The third-order valence-corrected chi connectivity index (χ3v) is 1.89. The van der Waals surface area contributed by atoms with Crippen LogP contribution in [0.3, 0.4) is 0 Å². The number of carboxylic acids is 1. The zero-order valence-corrected chi connectivity index (χ0v) is 9.02. The highest BCUT2D eigenvalue weighted by Gasteiger charge is 2.10. The molecule has 0 saturated carbocycles. The lowest BCUT2D eigenvalue weighted by atomic mass is 10.1. The molecule has 0 amide bonds. The molecule has 0 radical (unpaired) electrons. The van der Waals surface area contributed by atoms with Crippen molar-refractivity contribution in [1.82, 2.24) is 20.6 Å². The highest BCUT2D eigenvalue weighted by atomic mass is 16.4. The van der Waals surface area contributed by atoms with Crippen molar-refractivity contribution in [3.05, 3.63) is 42.2 Å². The molecule has 17 heavy (non-hydrogen) atoms. The van der Waals surface area contributed by atoms with Gasteiger partial charge in [0.05, 0.1) is 0 Å². The van der Waals surface area contributed by atoms with Crippen LogP contribution in [0.4, 0.5) is 0 Å². The van der Waals surface area contributed by atoms with E-state index in [0.717, 1.165) is 5.56 Å². The first kappa shape index (κ1) is 12.8. The van der Waals surface area contributed by atoms with E-state index in [-0.39, 0.29) is 0 Å². The van der Waals surface area contributed by atoms with Gasteiger partial charge >= 0.3 is 5.97 Å². The Hall–Kier alpha value is -2.28. The minimum Gasteiger partial charge on any atom is -0.480 e. The first-order valence-corrected chi connectivity index (χ1v) is 4.89. The number of aromatic amines is 1. The highest BCUT2D eigenvalue weighted by Crippen LogP contribution is 2.01. The zero-order chi connectivity index (χ0) is 12.5. The number of tetrazole rings is 1. The fourth-order valence-corrected chi connectivity index (χ4v) is 1.08. The Morgan fingerprint density at radius 2 is 2.12 bits per heavy atom. The molecule has 0 fully saturated rings. The van der Waals surface area contributed by atoms with Crippen LogP contribution in [0.25, 0.3) is 0 Å². The van der Waals surface area contributed by atoms with E-state index in [4.69, 9.17) is 10.8 Å². The van der Waals surface area contributed by atoms with Crippen molar-refractivity contribution in [2.45, 2.75) is 12.5 Å². The van der Waals surface area contributed by atoms with Crippen molar-refractivity contribution < 1.29 is 9.90 Å². The first-order valence-electron chi connectivity index (χ1n) is 4.89. The Morgan fingerprint density at radius 3 is 2.53 bits per heavy atom. The summed E-state index contributed by atoms with van der Waals surface area (Å²) < 4.78 is 0. The third-order valence-electron chi connectivity index (χ3n) is 1.89. The fourth-order valence-electron chi connectivity index (χ4n) is 1.08. The molecule has 0 saturated heterocycles. The summed E-state index contributed by atoms with van der Waals surface area (Å²) in [5.74, 6) is -0.959. The Balaban J connectivity index is 0.000000239. The molecule has 2 rings (SSSR count). The van der Waals surface area contributed by atoms with Crippen LogP contribution in [0.1, 0.15) is 5.56 Å². The van der Waals surface area contributed by atoms with Crippen molar-refractivity contribution >= 4 is 5.97 Å². The average Bonchev–Trinajstić information content (AvgIpc) is 2.89. The van der Waals surface area contributed by atoms with E-state index >= 15 is 0 Å². The SMILES string of the molecule is N[C@@H](Cc1ccccc1)C(=O)O.c1nnn[nH]1. The minimum absolute atomic E-state index is 0.385. The molecule has 7 heteroatoms. The predicted octanol–water partition coefficient (Wildman–Crippen LogP) is -0.159. The lowest BCUT2D eigenvalue weighted by Crippen LogP contribution is -2.32. The number of aliphatic carboxylic acids is 1. The van der Waals surface area contributed by atoms with E-state index in [1.807, 2.05) is 30.3 Å². The molecule has 1 aromatic carbocycles. The van der Waals surface area contributed by atoms with Gasteiger partial charge in [0.2, 0.25) is 0 Å². The number of hydrogen-bond acceptors (Lipinski definition) is 5. The monoisotopic (exact) mass is 235 g/mol. The normalized spacial score (nSPS) is 11.1. The highest BCUT2D eigenvalue weighted by molar-refractivity contribution is 5.73. The number of nitrogens with one attached hydrogen (secondary N) is 1. The third kappa shape index (κ3) is 5.38. The van der Waals surface area contributed by atoms with Gasteiger partial charge in [0, 0.05) is 0 Å². The van der Waals surface area contributed by atoms with E-state index in [2.05, 4.69) is 20.6 Å². The summed E-state index contributed by atoms with van der Waals surface area (Å²) in [5, 5.41) is 20.6. The summed E-state index contributed by atoms with van der Waals surface area (Å²) in [5.41, 5.74) is 6.30. The molecular formula is C10H13N5O2. The van der Waals surface area contributed by atoms with Gasteiger partial charge in [-0.15, -0.1) is 5.10 Å². The van der Waals surface area contributed by atoms with Crippen LogP contribution in [0.15, 0.2) is 36.7 Å². The second kappa shape index (κ2) is 7.07. The van der Waals surface area contributed by atoms with Crippen LogP contribution >= 0.6 is 0 Å². The summed E-state index contributed by atoms with van der Waals surface area (Å²) in [6, 6.07) is 8.54. The van der Waals surface area contributed by atoms with E-state index in [9.17, 15) is 4.79 Å². The largest absolute Gasteiger partial charge is 0.480 e. The zero-order valence-electron chi connectivity index (χ0n) is 9.02. The second-order valence-electron chi connectivity index (χ2n) is 3.20. The second-order valence-corrected chi connectivity index (χ2v) is 3.20. The molecule has 4 N–H and O–H groups in total. The Kier molecular flexibility index (Phi) is 5.32. The number of carbonyl (C=O) groups is 1. The molecule has 90 valence electrons. The van der Waals surface area contributed by atoms with Gasteiger partial charge in [0.1, 0.15) is 12.4 Å². The van der Waals surface area contributed by atoms with Gasteiger partial charge < -0.3 is 10.8 Å². The fraction of sp³-hybridized carbons (Fsp3) is 0.200. The number of rotatable bonds is 3. The Morgan fingerprint density at radius 1 is 1.41 bits per heavy atom. The molecule has 0 bridgehead atoms. The molecule has 1 heterocycles. The summed E-state index contributed by atoms with van der Waals surface area (Å²) in [6.45, 7) is 0. The van der Waals surface area contributed by atoms with Crippen LogP contribution in [-0.2, 0) is 11.2 Å². The van der Waals surface area contributed by atoms with E-state index in [1.54, 1.807) is 0 Å². The number of H-pyrrole nitrogens is 1. The number of aromatic nitrogens is 4. The van der Waals surface area contributed by atoms with E-state index in [0.29, 0.717) is 6.42 Å². The lowest BCUT2D eigenvalue weighted by molar-refractivity contribution is -0.138. The van der Waals surface area contributed by atoms with Crippen molar-refractivity contribution in [3.63, 3.8) is 0 Å². The quantitative estimate of drug-likeness (QED) is 0.680. The van der Waals surface area contributed by atoms with Gasteiger partial charge in [0.15, 0.2) is 0 Å². The maximum Gasteiger partial charge on any atom is 0.320 e. The Labute approximate surface area is 97.7 Å². The first-order chi connectivity index (χ1) is 8.20. The van der Waals surface area contributed by atoms with Crippen LogP contribution in [-0.4, -0.2) is 37.7 Å². The van der Waals surface area contributed by atoms with Gasteiger partial charge in [-0.05, 0) is 22.4 Å². The molecule has 1 aromatic heterocycles. The van der Waals surface area contributed by atoms with Gasteiger partial charge in [-0.2, -0.15) is 0 Å². The standard InChI is InChI=1S/C9H11NO2.CH2N4/c10-8(9(11)12)6-7-4-2-1-3-5-7;1-2-4-5-3-1/h1-5,8H,6,10H2,(H,11,12);1H,(H,2,3,4,5)/t8-;/m0./s1. The van der Waals surface area contributed by atoms with Crippen molar-refractivity contribution in [2.75, 3.05) is 0 Å². The molecule has 0 aliphatic heterocycles. The van der Waals surface area contributed by atoms with Gasteiger partial charge in [-0.25, -0.2) is 5.10 Å². The summed E-state index contributed by atoms with van der Waals surface area (Å²) in [6.07, 6.45) is 1.79. The molecule has 0 aliphatic carbocycles. The number of nitrogens with two attached hydrogens (primary N) is 1.